The van der Waals surface area contributed by atoms with Gasteiger partial charge in [0.1, 0.15) is 5.75 Å². The van der Waals surface area contributed by atoms with Gasteiger partial charge < -0.3 is 10.5 Å². The monoisotopic (exact) mass is 377 g/mol. The zero-order chi connectivity index (χ0) is 19.5. The van der Waals surface area contributed by atoms with E-state index >= 15 is 0 Å². The predicted molar refractivity (Wildman–Crippen MR) is 109 cm³/mol. The number of fused-ring (bicyclic) bond motifs is 1. The number of carbonyl (C=O) groups excluding carboxylic acids is 1. The van der Waals surface area contributed by atoms with Crippen LogP contribution in [0.1, 0.15) is 31.2 Å². The third-order valence-electron chi connectivity index (χ3n) is 5.01. The van der Waals surface area contributed by atoms with Gasteiger partial charge in [-0.05, 0) is 55.5 Å². The van der Waals surface area contributed by atoms with Crippen molar-refractivity contribution in [2.24, 2.45) is 5.73 Å². The Morgan fingerprint density at radius 1 is 1.07 bits per heavy atom. The molecule has 0 bridgehead atoms. The largest absolute Gasteiger partial charge is 0.484 e. The normalized spacial score (nSPS) is 14.1. The number of para-hydroxylation sites is 2. The molecule has 2 N–H and O–H groups in total. The molecule has 0 saturated carbocycles. The number of aromatic nitrogens is 2. The molecule has 4 rings (SSSR count). The number of amides is 1. The molecule has 1 aromatic heterocycles. The maximum atomic E-state index is 13.3. The lowest BCUT2D eigenvalue weighted by Gasteiger charge is -2.13. The Morgan fingerprint density at radius 2 is 1.89 bits per heavy atom. The van der Waals surface area contributed by atoms with Crippen molar-refractivity contribution in [2.75, 3.05) is 6.61 Å². The van der Waals surface area contributed by atoms with Gasteiger partial charge in [-0.1, -0.05) is 30.3 Å². The van der Waals surface area contributed by atoms with Crippen LogP contribution >= 0.6 is 0 Å². The maximum Gasteiger partial charge on any atom is 0.333 e. The molecular formula is C22H23N3O3. The summed E-state index contributed by atoms with van der Waals surface area (Å²) in [6.07, 6.45) is 6.40. The van der Waals surface area contributed by atoms with Gasteiger partial charge in [0.05, 0.1) is 17.6 Å². The minimum atomic E-state index is -0.523. The fourth-order valence-corrected chi connectivity index (χ4v) is 3.73. The van der Waals surface area contributed by atoms with Crippen LogP contribution in [-0.2, 0) is 11.3 Å². The summed E-state index contributed by atoms with van der Waals surface area (Å²) < 4.78 is 9.03. The summed E-state index contributed by atoms with van der Waals surface area (Å²) in [7, 11) is 0. The number of ether oxygens (including phenoxy) is 1. The van der Waals surface area contributed by atoms with E-state index < -0.39 is 5.91 Å². The van der Waals surface area contributed by atoms with Gasteiger partial charge in [0.2, 0.25) is 0 Å². The average Bonchev–Trinajstić information content (AvgIpc) is 2.99. The Hall–Kier alpha value is -3.28. The van der Waals surface area contributed by atoms with Crippen molar-refractivity contribution in [1.82, 2.24) is 9.13 Å². The van der Waals surface area contributed by atoms with Crippen molar-refractivity contribution in [2.45, 2.75) is 32.2 Å². The molecule has 28 heavy (non-hydrogen) atoms. The molecule has 0 saturated heterocycles. The molecule has 0 spiro atoms. The van der Waals surface area contributed by atoms with Crippen LogP contribution in [0.25, 0.3) is 16.7 Å². The number of allylic oxidation sites excluding steroid dienone is 2. The summed E-state index contributed by atoms with van der Waals surface area (Å²) in [6.45, 7) is 0.254. The second kappa shape index (κ2) is 7.76. The Labute approximate surface area is 162 Å². The fraction of sp³-hybridized carbons (Fsp3) is 0.273. The van der Waals surface area contributed by atoms with Crippen molar-refractivity contribution in [3.8, 4) is 5.75 Å². The lowest BCUT2D eigenvalue weighted by atomic mass is 10.0. The molecule has 1 heterocycles. The smallest absolute Gasteiger partial charge is 0.333 e. The molecule has 0 radical (unpaired) electrons. The minimum absolute atomic E-state index is 0.0298. The number of primary amides is 1. The molecule has 0 atom stereocenters. The number of rotatable bonds is 6. The van der Waals surface area contributed by atoms with E-state index in [1.807, 2.05) is 47.0 Å². The molecule has 0 aliphatic heterocycles. The number of nitrogens with two attached hydrogens (primary N) is 1. The van der Waals surface area contributed by atoms with Crippen molar-refractivity contribution < 1.29 is 9.53 Å². The third-order valence-corrected chi connectivity index (χ3v) is 5.01. The van der Waals surface area contributed by atoms with Gasteiger partial charge in [-0.2, -0.15) is 0 Å². The first-order valence-electron chi connectivity index (χ1n) is 9.53. The molecular weight excluding hydrogens is 354 g/mol. The van der Waals surface area contributed by atoms with Crippen LogP contribution in [0.5, 0.6) is 5.75 Å². The number of nitrogens with zero attached hydrogens (tertiary/aromatic N) is 2. The number of imidazole rings is 1. The molecule has 0 unspecified atom stereocenters. The molecule has 144 valence electrons. The van der Waals surface area contributed by atoms with Crippen LogP contribution in [0.3, 0.4) is 0 Å². The van der Waals surface area contributed by atoms with Gasteiger partial charge in [-0.25, -0.2) is 4.79 Å². The summed E-state index contributed by atoms with van der Waals surface area (Å²) in [5.74, 6) is 0.0357. The standard InChI is InChI=1S/C22H23N3O3/c23-21(26)15-28-18-10-6-7-16(13-18)14-24-19-11-4-5-12-20(19)25(22(24)27)17-8-2-1-3-9-17/h4-8,10-13H,1-3,9,14-15H2,(H2,23,26). The Bertz CT molecular complexity index is 1110. The van der Waals surface area contributed by atoms with Gasteiger partial charge in [0.15, 0.2) is 6.61 Å². The molecule has 1 aliphatic carbocycles. The zero-order valence-electron chi connectivity index (χ0n) is 15.6. The summed E-state index contributed by atoms with van der Waals surface area (Å²) in [6, 6.07) is 15.3. The quantitative estimate of drug-likeness (QED) is 0.717. The van der Waals surface area contributed by atoms with Crippen LogP contribution < -0.4 is 16.2 Å². The van der Waals surface area contributed by atoms with E-state index in [4.69, 9.17) is 10.5 Å². The van der Waals surface area contributed by atoms with E-state index in [2.05, 4.69) is 6.08 Å². The van der Waals surface area contributed by atoms with Gasteiger partial charge >= 0.3 is 5.69 Å². The van der Waals surface area contributed by atoms with Gasteiger partial charge in [-0.15, -0.1) is 0 Å². The van der Waals surface area contributed by atoms with Crippen molar-refractivity contribution in [3.05, 3.63) is 70.7 Å². The summed E-state index contributed by atoms with van der Waals surface area (Å²) in [4.78, 5) is 24.2. The molecule has 3 aromatic rings. The van der Waals surface area contributed by atoms with E-state index in [-0.39, 0.29) is 12.3 Å². The molecule has 1 aliphatic rings. The average molecular weight is 377 g/mol. The highest BCUT2D eigenvalue weighted by molar-refractivity contribution is 5.80. The molecule has 2 aromatic carbocycles. The maximum absolute atomic E-state index is 13.3. The topological polar surface area (TPSA) is 79.2 Å². The zero-order valence-corrected chi connectivity index (χ0v) is 15.6. The Morgan fingerprint density at radius 3 is 2.64 bits per heavy atom. The van der Waals surface area contributed by atoms with E-state index in [0.717, 1.165) is 41.6 Å². The first kappa shape index (κ1) is 18.1. The summed E-state index contributed by atoms with van der Waals surface area (Å²) >= 11 is 0. The van der Waals surface area contributed by atoms with E-state index in [1.165, 1.54) is 6.42 Å². The van der Waals surface area contributed by atoms with Gasteiger partial charge in [0, 0.05) is 5.70 Å². The van der Waals surface area contributed by atoms with Crippen LogP contribution in [0.4, 0.5) is 0 Å². The molecule has 0 fully saturated rings. The van der Waals surface area contributed by atoms with Gasteiger partial charge in [-0.3, -0.25) is 13.9 Å². The van der Waals surface area contributed by atoms with Crippen LogP contribution in [-0.4, -0.2) is 21.6 Å². The highest BCUT2D eigenvalue weighted by atomic mass is 16.5. The first-order valence-corrected chi connectivity index (χ1v) is 9.53. The lowest BCUT2D eigenvalue weighted by Crippen LogP contribution is -2.25. The second-order valence-corrected chi connectivity index (χ2v) is 7.04. The number of benzene rings is 2. The van der Waals surface area contributed by atoms with Crippen LogP contribution in [0, 0.1) is 0 Å². The lowest BCUT2D eigenvalue weighted by molar-refractivity contribution is -0.119. The SMILES string of the molecule is NC(=O)COc1cccc(Cn2c(=O)n(C3=CCCCC3)c3ccccc32)c1. The van der Waals surface area contributed by atoms with Gasteiger partial charge in [0.25, 0.3) is 5.91 Å². The molecule has 6 heteroatoms. The fourth-order valence-electron chi connectivity index (χ4n) is 3.73. The number of carbonyl (C=O) groups is 1. The minimum Gasteiger partial charge on any atom is -0.484 e. The highest BCUT2D eigenvalue weighted by Gasteiger charge is 2.17. The number of hydrogen-bond donors (Lipinski definition) is 1. The highest BCUT2D eigenvalue weighted by Crippen LogP contribution is 2.25. The van der Waals surface area contributed by atoms with Crippen LogP contribution in [0.2, 0.25) is 0 Å². The third kappa shape index (κ3) is 3.58. The second-order valence-electron chi connectivity index (χ2n) is 7.04. The number of hydrogen-bond acceptors (Lipinski definition) is 3. The predicted octanol–water partition coefficient (Wildman–Crippen LogP) is 3.13. The summed E-state index contributed by atoms with van der Waals surface area (Å²) in [5, 5.41) is 0. The Balaban J connectivity index is 1.73. The van der Waals surface area contributed by atoms with Crippen LogP contribution in [0.15, 0.2) is 59.4 Å². The first-order chi connectivity index (χ1) is 13.6. The van der Waals surface area contributed by atoms with E-state index in [9.17, 15) is 9.59 Å². The van der Waals surface area contributed by atoms with Crippen molar-refractivity contribution in [3.63, 3.8) is 0 Å². The summed E-state index contributed by atoms with van der Waals surface area (Å²) in [5.41, 5.74) is 8.96. The molecule has 1 amide bonds. The van der Waals surface area contributed by atoms with E-state index in [0.29, 0.717) is 12.3 Å². The van der Waals surface area contributed by atoms with Crippen molar-refractivity contribution in [1.29, 1.82) is 0 Å². The van der Waals surface area contributed by atoms with E-state index in [1.54, 1.807) is 10.6 Å². The Kier molecular flexibility index (Phi) is 5.02. The van der Waals surface area contributed by atoms with Crippen molar-refractivity contribution >= 4 is 22.6 Å². The molecule has 6 nitrogen and oxygen atoms in total.